The average molecular weight is 287 g/mol. The van der Waals surface area contributed by atoms with Gasteiger partial charge in [0.25, 0.3) is 0 Å². The van der Waals surface area contributed by atoms with Crippen LogP contribution in [0, 0.1) is 7.43 Å². The van der Waals surface area contributed by atoms with Crippen molar-refractivity contribution in [3.63, 3.8) is 0 Å². The zero-order valence-electron chi connectivity index (χ0n) is 7.90. The molecule has 0 atom stereocenters. The van der Waals surface area contributed by atoms with E-state index in [1.54, 1.807) is 0 Å². The first-order chi connectivity index (χ1) is 5.43. The second kappa shape index (κ2) is 11.1. The van der Waals surface area contributed by atoms with Crippen LogP contribution >= 0.6 is 11.8 Å². The molecule has 0 aliphatic heterocycles. The Morgan fingerprint density at radius 2 is 1.77 bits per heavy atom. The minimum atomic E-state index is 0. The van der Waals surface area contributed by atoms with Gasteiger partial charge in [0.15, 0.2) is 0 Å². The monoisotopic (exact) mass is 287 g/mol. The van der Waals surface area contributed by atoms with Gasteiger partial charge in [-0.3, -0.25) is 0 Å². The first-order valence-electron chi connectivity index (χ1n) is 3.63. The molecule has 0 saturated carbocycles. The van der Waals surface area contributed by atoms with Crippen LogP contribution in [-0.4, -0.2) is 10.8 Å². The van der Waals surface area contributed by atoms with Crippen molar-refractivity contribution in [3.8, 4) is 0 Å². The largest absolute Gasteiger partial charge is 0.782 e. The molecule has 1 aromatic rings. The Hall–Kier alpha value is 1.02. The minimum Gasteiger partial charge on any atom is -0.782 e. The van der Waals surface area contributed by atoms with E-state index in [0.29, 0.717) is 0 Å². The second-order valence-electron chi connectivity index (χ2n) is 2.26. The number of thioether (sulfide) groups is 1. The molecule has 0 aliphatic carbocycles. The Morgan fingerprint density at radius 1 is 1.15 bits per heavy atom. The molecule has 13 heavy (non-hydrogen) atoms. The predicted octanol–water partition coefficient (Wildman–Crippen LogP) is 2.91. The zero-order valence-corrected chi connectivity index (χ0v) is 12.4. The fourth-order valence-corrected chi connectivity index (χ4v) is 1.75. The molecule has 0 heterocycles. The molecule has 0 aliphatic rings. The first-order valence-corrected chi connectivity index (χ1v) is 5.36. The Morgan fingerprint density at radius 3 is 2.31 bits per heavy atom. The Kier molecular flexibility index (Phi) is 14.0. The van der Waals surface area contributed by atoms with Gasteiger partial charge >= 0.3 is 0 Å². The van der Waals surface area contributed by atoms with Gasteiger partial charge in [0.1, 0.15) is 0 Å². The van der Waals surface area contributed by atoms with Crippen LogP contribution in [0.5, 0.6) is 0 Å². The molecule has 0 nitrogen and oxygen atoms in total. The van der Waals surface area contributed by atoms with E-state index in [1.807, 2.05) is 17.8 Å². The molecule has 0 saturated heterocycles. The molecule has 3 heteroatoms. The van der Waals surface area contributed by atoms with Crippen molar-refractivity contribution >= 4 is 24.4 Å². The van der Waals surface area contributed by atoms with Crippen molar-refractivity contribution in [1.29, 1.82) is 0 Å². The van der Waals surface area contributed by atoms with Crippen LogP contribution in [0.2, 0.25) is 0 Å². The standard InChI is InChI=1S/C9H12S2.CH3.Y/c10-8-11-7-6-9-4-2-1-3-5-9;;/h1-5,10H,6-8H2;1H3;/q;-1;/p-1. The van der Waals surface area contributed by atoms with Crippen LogP contribution in [0.1, 0.15) is 5.56 Å². The summed E-state index contributed by atoms with van der Waals surface area (Å²) in [6.07, 6.45) is 1.14. The normalized spacial score (nSPS) is 8.38. The summed E-state index contributed by atoms with van der Waals surface area (Å²) in [6.45, 7) is 0. The van der Waals surface area contributed by atoms with Gasteiger partial charge in [-0.05, 0) is 17.7 Å². The van der Waals surface area contributed by atoms with Crippen molar-refractivity contribution in [3.05, 3.63) is 43.3 Å². The molecule has 1 rings (SSSR count). The van der Waals surface area contributed by atoms with E-state index in [0.717, 1.165) is 17.3 Å². The smallest absolute Gasteiger partial charge is 0 e. The van der Waals surface area contributed by atoms with Gasteiger partial charge in [0.2, 0.25) is 0 Å². The first kappa shape index (κ1) is 16.5. The molecule has 71 valence electrons. The van der Waals surface area contributed by atoms with Crippen molar-refractivity contribution < 1.29 is 32.7 Å². The van der Waals surface area contributed by atoms with Gasteiger partial charge in [0, 0.05) is 32.7 Å². The molecule has 1 radical (unpaired) electrons. The fourth-order valence-electron chi connectivity index (χ4n) is 0.894. The third-order valence-electron chi connectivity index (χ3n) is 1.46. The molecular weight excluding hydrogens is 273 g/mol. The molecule has 1 aromatic carbocycles. The number of hydrogen-bond donors (Lipinski definition) is 0. The SMILES string of the molecule is [CH3-].[S-]CSCCc1ccccc1.[Y]. The van der Waals surface area contributed by atoms with Crippen LogP contribution in [0.25, 0.3) is 0 Å². The third kappa shape index (κ3) is 8.05. The summed E-state index contributed by atoms with van der Waals surface area (Å²) in [5.74, 6) is 1.15. The maximum absolute atomic E-state index is 4.83. The van der Waals surface area contributed by atoms with Crippen LogP contribution in [-0.2, 0) is 51.8 Å². The maximum Gasteiger partial charge on any atom is 0 e. The molecular formula is C10H14S2Y-2. The van der Waals surface area contributed by atoms with Gasteiger partial charge < -0.3 is 20.1 Å². The van der Waals surface area contributed by atoms with Crippen LogP contribution in [0.15, 0.2) is 30.3 Å². The van der Waals surface area contributed by atoms with E-state index >= 15 is 0 Å². The molecule has 0 fully saturated rings. The number of benzene rings is 1. The molecule has 0 bridgehead atoms. The van der Waals surface area contributed by atoms with Crippen molar-refractivity contribution in [2.75, 3.05) is 10.8 Å². The molecule has 0 unspecified atom stereocenters. The quantitative estimate of drug-likeness (QED) is 0.474. The molecule has 0 aromatic heterocycles. The Labute approximate surface area is 117 Å². The second-order valence-corrected chi connectivity index (χ2v) is 4.02. The fraction of sp³-hybridized carbons (Fsp3) is 0.300. The Bertz CT molecular complexity index is 189. The topological polar surface area (TPSA) is 0 Å². The molecule has 0 N–H and O–H groups in total. The number of rotatable bonds is 4. The van der Waals surface area contributed by atoms with E-state index in [9.17, 15) is 0 Å². The van der Waals surface area contributed by atoms with E-state index < -0.39 is 0 Å². The van der Waals surface area contributed by atoms with Crippen molar-refractivity contribution in [2.24, 2.45) is 0 Å². The zero-order chi connectivity index (χ0) is 7.94. The summed E-state index contributed by atoms with van der Waals surface area (Å²) < 4.78 is 0. The number of aryl methyl sites for hydroxylation is 1. The van der Waals surface area contributed by atoms with E-state index in [-0.39, 0.29) is 40.1 Å². The molecule has 0 amide bonds. The van der Waals surface area contributed by atoms with Gasteiger partial charge in [0.05, 0.1) is 0 Å². The summed E-state index contributed by atoms with van der Waals surface area (Å²) >= 11 is 6.65. The van der Waals surface area contributed by atoms with E-state index in [1.165, 1.54) is 5.56 Å². The summed E-state index contributed by atoms with van der Waals surface area (Å²) in [5, 5.41) is 0.812. The van der Waals surface area contributed by atoms with Crippen molar-refractivity contribution in [1.82, 2.24) is 0 Å². The summed E-state index contributed by atoms with van der Waals surface area (Å²) in [6, 6.07) is 10.5. The van der Waals surface area contributed by atoms with Crippen LogP contribution in [0.3, 0.4) is 0 Å². The summed E-state index contributed by atoms with van der Waals surface area (Å²) in [5.41, 5.74) is 1.41. The average Bonchev–Trinajstić information content (AvgIpc) is 2.07. The van der Waals surface area contributed by atoms with Crippen molar-refractivity contribution in [2.45, 2.75) is 6.42 Å². The summed E-state index contributed by atoms with van der Waals surface area (Å²) in [7, 11) is 0. The number of hydrogen-bond acceptors (Lipinski definition) is 2. The summed E-state index contributed by atoms with van der Waals surface area (Å²) in [4.78, 5) is 0. The van der Waals surface area contributed by atoms with E-state index in [4.69, 9.17) is 12.6 Å². The van der Waals surface area contributed by atoms with Gasteiger partial charge in [-0.1, -0.05) is 30.3 Å². The maximum atomic E-state index is 4.83. The minimum absolute atomic E-state index is 0. The van der Waals surface area contributed by atoms with Gasteiger partial charge in [-0.2, -0.15) is 11.8 Å². The van der Waals surface area contributed by atoms with Crippen LogP contribution < -0.4 is 0 Å². The van der Waals surface area contributed by atoms with Crippen LogP contribution in [0.4, 0.5) is 0 Å². The van der Waals surface area contributed by atoms with Gasteiger partial charge in [-0.15, -0.1) is 5.08 Å². The van der Waals surface area contributed by atoms with E-state index in [2.05, 4.69) is 24.3 Å². The predicted molar refractivity (Wildman–Crippen MR) is 61.3 cm³/mol. The third-order valence-corrected chi connectivity index (χ3v) is 2.62. The molecule has 0 spiro atoms. The Balaban J connectivity index is 0. The van der Waals surface area contributed by atoms with Gasteiger partial charge in [-0.25, -0.2) is 0 Å².